The molecule has 0 radical (unpaired) electrons. The van der Waals surface area contributed by atoms with Gasteiger partial charge in [-0.25, -0.2) is 0 Å². The lowest BCUT2D eigenvalue weighted by Gasteiger charge is -2.30. The molecule has 0 unspecified atom stereocenters. The molecule has 0 aromatic heterocycles. The van der Waals surface area contributed by atoms with E-state index in [2.05, 4.69) is 33.0 Å². The van der Waals surface area contributed by atoms with Crippen LogP contribution in [0.5, 0.6) is 0 Å². The van der Waals surface area contributed by atoms with Gasteiger partial charge >= 0.3 is 0 Å². The van der Waals surface area contributed by atoms with E-state index in [0.717, 1.165) is 6.54 Å². The van der Waals surface area contributed by atoms with Crippen LogP contribution in [-0.4, -0.2) is 18.6 Å². The molecule has 23 heavy (non-hydrogen) atoms. The average Bonchev–Trinajstić information content (AvgIpc) is 2.88. The zero-order chi connectivity index (χ0) is 16.8. The van der Waals surface area contributed by atoms with Gasteiger partial charge in [-0.15, -0.1) is 0 Å². The second-order valence-electron chi connectivity index (χ2n) is 7.27. The van der Waals surface area contributed by atoms with Crippen molar-refractivity contribution >= 4 is 0 Å². The number of hydrogen-bond acceptors (Lipinski definition) is 2. The summed E-state index contributed by atoms with van der Waals surface area (Å²) in [5.74, 6) is 0.696. The number of nitrogens with two attached hydrogens (primary N) is 1. The lowest BCUT2D eigenvalue weighted by Crippen LogP contribution is -2.47. The lowest BCUT2D eigenvalue weighted by atomic mass is 9.87. The highest BCUT2D eigenvalue weighted by atomic mass is 15.0. The Kier molecular flexibility index (Phi) is 7.36. The summed E-state index contributed by atoms with van der Waals surface area (Å²) in [6.07, 6.45) is 11.2. The van der Waals surface area contributed by atoms with Crippen molar-refractivity contribution in [2.45, 2.75) is 97.6 Å². The quantitative estimate of drug-likeness (QED) is 0.653. The van der Waals surface area contributed by atoms with Crippen LogP contribution < -0.4 is 11.1 Å². The van der Waals surface area contributed by atoms with Crippen LogP contribution in [0.25, 0.3) is 0 Å². The fraction of sp³-hybridized carbons (Fsp3) is 0.810. The highest BCUT2D eigenvalue weighted by Crippen LogP contribution is 2.44. The number of hydrogen-bond donors (Lipinski definition) is 2. The maximum absolute atomic E-state index is 6.29. The molecule has 0 heterocycles. The molecule has 1 saturated carbocycles. The van der Waals surface area contributed by atoms with E-state index >= 15 is 0 Å². The van der Waals surface area contributed by atoms with Gasteiger partial charge in [0.15, 0.2) is 0 Å². The number of allylic oxidation sites excluding steroid dienone is 4. The van der Waals surface area contributed by atoms with Crippen molar-refractivity contribution in [3.05, 3.63) is 22.3 Å². The molecule has 2 aliphatic rings. The fourth-order valence-electron chi connectivity index (χ4n) is 4.99. The molecule has 0 saturated heterocycles. The first-order valence-electron chi connectivity index (χ1n) is 10.1. The van der Waals surface area contributed by atoms with E-state index in [0.29, 0.717) is 18.0 Å². The van der Waals surface area contributed by atoms with Crippen LogP contribution in [0.1, 0.15) is 85.5 Å². The van der Waals surface area contributed by atoms with Crippen LogP contribution in [0, 0.1) is 5.92 Å². The minimum Gasteiger partial charge on any atom is -0.326 e. The summed E-state index contributed by atoms with van der Waals surface area (Å²) in [7, 11) is 0. The van der Waals surface area contributed by atoms with E-state index < -0.39 is 0 Å². The van der Waals surface area contributed by atoms with Gasteiger partial charge in [-0.05, 0) is 62.6 Å². The Labute approximate surface area is 144 Å². The van der Waals surface area contributed by atoms with Gasteiger partial charge in [-0.1, -0.05) is 51.7 Å². The van der Waals surface area contributed by atoms with Crippen LogP contribution in [0.3, 0.4) is 0 Å². The predicted octanol–water partition coefficient (Wildman–Crippen LogP) is 5.10. The molecule has 3 N–H and O–H groups in total. The number of rotatable bonds is 8. The highest BCUT2D eigenvalue weighted by Gasteiger charge is 2.30. The van der Waals surface area contributed by atoms with E-state index in [9.17, 15) is 0 Å². The van der Waals surface area contributed by atoms with Crippen molar-refractivity contribution in [2.24, 2.45) is 11.7 Å². The normalized spacial score (nSPS) is 26.5. The largest absolute Gasteiger partial charge is 0.326 e. The molecule has 0 aromatic rings. The standard InChI is InChI=1S/C21H38N2/c1-5-15-16(6-2)18(8-4)19(17(15)7-3)13-14-23-21-12-10-9-11-20(21)22/h19-21,23H,5-14,22H2,1-4H3/t20-,21-/m1/s1. The van der Waals surface area contributed by atoms with Crippen LogP contribution in [0.2, 0.25) is 0 Å². The molecule has 2 aliphatic carbocycles. The third-order valence-corrected chi connectivity index (χ3v) is 6.11. The van der Waals surface area contributed by atoms with Gasteiger partial charge in [0.1, 0.15) is 0 Å². The summed E-state index contributed by atoms with van der Waals surface area (Å²) in [5.41, 5.74) is 13.1. The number of nitrogens with one attached hydrogen (secondary N) is 1. The molecule has 0 amide bonds. The Morgan fingerprint density at radius 2 is 1.43 bits per heavy atom. The smallest absolute Gasteiger partial charge is 0.0219 e. The van der Waals surface area contributed by atoms with E-state index in [-0.39, 0.29) is 0 Å². The average molecular weight is 319 g/mol. The third kappa shape index (κ3) is 4.09. The first kappa shape index (κ1) is 18.7. The minimum atomic E-state index is 0.368. The highest BCUT2D eigenvalue weighted by molar-refractivity contribution is 5.49. The molecule has 2 heteroatoms. The predicted molar refractivity (Wildman–Crippen MR) is 102 cm³/mol. The van der Waals surface area contributed by atoms with E-state index in [1.807, 2.05) is 0 Å². The molecule has 0 spiro atoms. The summed E-state index contributed by atoms with van der Waals surface area (Å²) >= 11 is 0. The van der Waals surface area contributed by atoms with Crippen LogP contribution in [0.4, 0.5) is 0 Å². The molecule has 0 aliphatic heterocycles. The Bertz CT molecular complexity index is 419. The molecule has 2 nitrogen and oxygen atoms in total. The maximum Gasteiger partial charge on any atom is 0.0219 e. The van der Waals surface area contributed by atoms with Crippen molar-refractivity contribution in [1.29, 1.82) is 0 Å². The second-order valence-corrected chi connectivity index (χ2v) is 7.27. The summed E-state index contributed by atoms with van der Waals surface area (Å²) in [4.78, 5) is 0. The topological polar surface area (TPSA) is 38.0 Å². The van der Waals surface area contributed by atoms with Crippen molar-refractivity contribution in [2.75, 3.05) is 6.54 Å². The molecule has 2 atom stereocenters. The zero-order valence-electron chi connectivity index (χ0n) is 15.9. The maximum atomic E-state index is 6.29. The molecule has 1 fully saturated rings. The van der Waals surface area contributed by atoms with Crippen molar-refractivity contribution in [3.8, 4) is 0 Å². The third-order valence-electron chi connectivity index (χ3n) is 6.11. The van der Waals surface area contributed by atoms with Gasteiger partial charge in [0.05, 0.1) is 0 Å². The summed E-state index contributed by atoms with van der Waals surface area (Å²) < 4.78 is 0. The minimum absolute atomic E-state index is 0.368. The van der Waals surface area contributed by atoms with Gasteiger partial charge in [0, 0.05) is 18.0 Å². The van der Waals surface area contributed by atoms with Crippen molar-refractivity contribution in [1.82, 2.24) is 5.32 Å². The summed E-state index contributed by atoms with van der Waals surface area (Å²) in [5, 5.41) is 3.78. The second kappa shape index (κ2) is 9.03. The first-order chi connectivity index (χ1) is 11.2. The van der Waals surface area contributed by atoms with Crippen molar-refractivity contribution < 1.29 is 0 Å². The molecular formula is C21H38N2. The SMILES string of the molecule is CCC1=C(CC)C(CCN[C@@H]2CCCC[C@H]2N)C(CC)=C1CC. The Hall–Kier alpha value is -0.600. The lowest BCUT2D eigenvalue weighted by molar-refractivity contribution is 0.323. The van der Waals surface area contributed by atoms with Crippen molar-refractivity contribution in [3.63, 3.8) is 0 Å². The Morgan fingerprint density at radius 3 is 1.91 bits per heavy atom. The Balaban J connectivity index is 2.02. The molecule has 132 valence electrons. The van der Waals surface area contributed by atoms with Gasteiger partial charge in [-0.2, -0.15) is 0 Å². The van der Waals surface area contributed by atoms with E-state index in [1.165, 1.54) is 57.8 Å². The van der Waals surface area contributed by atoms with Gasteiger partial charge in [-0.3, -0.25) is 0 Å². The zero-order valence-corrected chi connectivity index (χ0v) is 15.9. The molecule has 0 aromatic carbocycles. The van der Waals surface area contributed by atoms with Gasteiger partial charge in [0.25, 0.3) is 0 Å². The Morgan fingerprint density at radius 1 is 0.870 bits per heavy atom. The first-order valence-corrected chi connectivity index (χ1v) is 10.1. The van der Waals surface area contributed by atoms with Crippen LogP contribution >= 0.6 is 0 Å². The summed E-state index contributed by atoms with van der Waals surface area (Å²) in [6, 6.07) is 0.914. The van der Waals surface area contributed by atoms with Crippen LogP contribution in [-0.2, 0) is 0 Å². The molecule has 2 rings (SSSR count). The van der Waals surface area contributed by atoms with E-state index in [1.54, 1.807) is 22.3 Å². The van der Waals surface area contributed by atoms with Gasteiger partial charge in [0.2, 0.25) is 0 Å². The molecular weight excluding hydrogens is 280 g/mol. The molecule has 0 bridgehead atoms. The summed E-state index contributed by atoms with van der Waals surface area (Å²) in [6.45, 7) is 10.5. The van der Waals surface area contributed by atoms with Crippen LogP contribution in [0.15, 0.2) is 22.3 Å². The van der Waals surface area contributed by atoms with E-state index in [4.69, 9.17) is 5.73 Å². The monoisotopic (exact) mass is 318 g/mol. The van der Waals surface area contributed by atoms with Gasteiger partial charge < -0.3 is 11.1 Å². The fourth-order valence-corrected chi connectivity index (χ4v) is 4.99.